The lowest BCUT2D eigenvalue weighted by Gasteiger charge is -2.26. The summed E-state index contributed by atoms with van der Waals surface area (Å²) < 4.78 is 0. The molecule has 1 fully saturated rings. The molecule has 2 heterocycles. The van der Waals surface area contributed by atoms with E-state index in [2.05, 4.69) is 44.5 Å². The Morgan fingerprint density at radius 2 is 1.73 bits per heavy atom. The highest BCUT2D eigenvalue weighted by molar-refractivity contribution is 5.43. The van der Waals surface area contributed by atoms with E-state index in [1.165, 1.54) is 49.8 Å². The first-order valence-corrected chi connectivity index (χ1v) is 7.91. The van der Waals surface area contributed by atoms with Crippen molar-refractivity contribution in [1.29, 1.82) is 0 Å². The number of nitrogens with two attached hydrogens (primary N) is 1. The highest BCUT2D eigenvalue weighted by atomic mass is 15.1. The van der Waals surface area contributed by atoms with Gasteiger partial charge in [0.05, 0.1) is 0 Å². The summed E-state index contributed by atoms with van der Waals surface area (Å²) in [6, 6.07) is 10.5. The topological polar surface area (TPSA) is 67.1 Å². The zero-order valence-corrected chi connectivity index (χ0v) is 12.8. The number of hydrogen-bond donors (Lipinski definition) is 2. The summed E-state index contributed by atoms with van der Waals surface area (Å²) in [5, 5.41) is 3.26. The molecule has 0 amide bonds. The fraction of sp³-hybridized carbons (Fsp3) is 0.412. The van der Waals surface area contributed by atoms with E-state index in [1.807, 2.05) is 0 Å². The second kappa shape index (κ2) is 7.22. The Hall–Kier alpha value is -2.14. The maximum Gasteiger partial charge on any atom is 0.131 e. The minimum atomic E-state index is 0.481. The van der Waals surface area contributed by atoms with Gasteiger partial charge in [-0.2, -0.15) is 0 Å². The van der Waals surface area contributed by atoms with Crippen LogP contribution in [0.4, 0.5) is 11.6 Å². The number of aromatic nitrogens is 2. The quantitative estimate of drug-likeness (QED) is 0.888. The predicted octanol–water partition coefficient (Wildman–Crippen LogP) is 2.66. The number of nitrogens with one attached hydrogen (secondary N) is 1. The van der Waals surface area contributed by atoms with Crippen LogP contribution in [-0.4, -0.2) is 28.0 Å². The van der Waals surface area contributed by atoms with E-state index in [0.29, 0.717) is 5.82 Å². The molecule has 0 bridgehead atoms. The molecule has 1 saturated heterocycles. The van der Waals surface area contributed by atoms with Crippen LogP contribution in [0.5, 0.6) is 0 Å². The predicted molar refractivity (Wildman–Crippen MR) is 89.3 cm³/mol. The van der Waals surface area contributed by atoms with E-state index < -0.39 is 0 Å². The Balaban J connectivity index is 1.52. The first-order chi connectivity index (χ1) is 10.8. The fourth-order valence-electron chi connectivity index (χ4n) is 2.80. The second-order valence-electron chi connectivity index (χ2n) is 5.83. The summed E-state index contributed by atoms with van der Waals surface area (Å²) in [6.45, 7) is 4.27. The minimum absolute atomic E-state index is 0.481. The monoisotopic (exact) mass is 297 g/mol. The molecule has 0 atom stereocenters. The fourth-order valence-corrected chi connectivity index (χ4v) is 2.80. The number of rotatable bonds is 5. The number of hydrogen-bond acceptors (Lipinski definition) is 5. The largest absolute Gasteiger partial charge is 0.384 e. The molecule has 0 unspecified atom stereocenters. The van der Waals surface area contributed by atoms with Crippen LogP contribution in [0.15, 0.2) is 36.7 Å². The highest BCUT2D eigenvalue weighted by Gasteiger charge is 2.10. The molecule has 5 nitrogen and oxygen atoms in total. The summed E-state index contributed by atoms with van der Waals surface area (Å²) in [5.41, 5.74) is 8.26. The zero-order chi connectivity index (χ0) is 15.2. The molecular weight excluding hydrogens is 274 g/mol. The molecular formula is C17H23N5. The summed E-state index contributed by atoms with van der Waals surface area (Å²) in [7, 11) is 0. The lowest BCUT2D eigenvalue weighted by Crippen LogP contribution is -2.29. The van der Waals surface area contributed by atoms with E-state index in [1.54, 1.807) is 6.07 Å². The normalized spacial score (nSPS) is 15.6. The molecule has 0 spiro atoms. The van der Waals surface area contributed by atoms with Crippen molar-refractivity contribution in [2.45, 2.75) is 32.4 Å². The van der Waals surface area contributed by atoms with Gasteiger partial charge in [-0.15, -0.1) is 0 Å². The molecule has 3 N–H and O–H groups in total. The van der Waals surface area contributed by atoms with Crippen molar-refractivity contribution in [2.24, 2.45) is 0 Å². The Morgan fingerprint density at radius 1 is 1.00 bits per heavy atom. The smallest absolute Gasteiger partial charge is 0.131 e. The number of anilines is 2. The minimum Gasteiger partial charge on any atom is -0.384 e. The summed E-state index contributed by atoms with van der Waals surface area (Å²) in [6.07, 6.45) is 5.53. The van der Waals surface area contributed by atoms with Crippen LogP contribution in [0.1, 0.15) is 30.4 Å². The molecule has 0 aliphatic carbocycles. The van der Waals surface area contributed by atoms with Gasteiger partial charge in [0.25, 0.3) is 0 Å². The van der Waals surface area contributed by atoms with Crippen LogP contribution in [0, 0.1) is 0 Å². The van der Waals surface area contributed by atoms with E-state index in [0.717, 1.165) is 18.9 Å². The lowest BCUT2D eigenvalue weighted by atomic mass is 10.1. The maximum atomic E-state index is 5.64. The van der Waals surface area contributed by atoms with Gasteiger partial charge in [0.2, 0.25) is 0 Å². The number of nitrogens with zero attached hydrogens (tertiary/aromatic N) is 3. The Labute approximate surface area is 131 Å². The van der Waals surface area contributed by atoms with Crippen molar-refractivity contribution >= 4 is 11.6 Å². The average molecular weight is 297 g/mol. The molecule has 0 saturated carbocycles. The molecule has 1 aromatic heterocycles. The van der Waals surface area contributed by atoms with Crippen LogP contribution >= 0.6 is 0 Å². The van der Waals surface area contributed by atoms with E-state index >= 15 is 0 Å². The number of piperidine rings is 1. The van der Waals surface area contributed by atoms with Gasteiger partial charge in [0, 0.05) is 19.2 Å². The summed E-state index contributed by atoms with van der Waals surface area (Å²) in [5.74, 6) is 1.24. The average Bonchev–Trinajstić information content (AvgIpc) is 2.55. The standard InChI is InChI=1S/C17H23N5/c18-16-10-17(21-13-20-16)19-11-14-4-6-15(7-5-14)12-22-8-2-1-3-9-22/h4-7,10,13H,1-3,8-9,11-12H2,(H3,18,19,20,21). The SMILES string of the molecule is Nc1cc(NCc2ccc(CN3CCCCC3)cc2)ncn1. The van der Waals surface area contributed by atoms with Crippen LogP contribution < -0.4 is 11.1 Å². The van der Waals surface area contributed by atoms with Crippen molar-refractivity contribution in [3.8, 4) is 0 Å². The molecule has 2 aromatic rings. The maximum absolute atomic E-state index is 5.64. The van der Waals surface area contributed by atoms with Crippen LogP contribution in [0.3, 0.4) is 0 Å². The lowest BCUT2D eigenvalue weighted by molar-refractivity contribution is 0.221. The van der Waals surface area contributed by atoms with Gasteiger partial charge >= 0.3 is 0 Å². The van der Waals surface area contributed by atoms with Gasteiger partial charge in [-0.3, -0.25) is 4.90 Å². The van der Waals surface area contributed by atoms with Crippen molar-refractivity contribution in [3.63, 3.8) is 0 Å². The summed E-state index contributed by atoms with van der Waals surface area (Å²) in [4.78, 5) is 10.6. The first kappa shape index (κ1) is 14.8. The Kier molecular flexibility index (Phi) is 4.85. The van der Waals surface area contributed by atoms with Crippen molar-refractivity contribution in [2.75, 3.05) is 24.1 Å². The number of nitrogen functional groups attached to an aromatic ring is 1. The first-order valence-electron chi connectivity index (χ1n) is 7.91. The molecule has 0 radical (unpaired) electrons. The van der Waals surface area contributed by atoms with Gasteiger partial charge in [0.15, 0.2) is 0 Å². The van der Waals surface area contributed by atoms with Crippen LogP contribution in [0.25, 0.3) is 0 Å². The Bertz CT molecular complexity index is 590. The highest BCUT2D eigenvalue weighted by Crippen LogP contribution is 2.14. The van der Waals surface area contributed by atoms with Gasteiger partial charge < -0.3 is 11.1 Å². The molecule has 1 aliphatic rings. The van der Waals surface area contributed by atoms with Crippen molar-refractivity contribution < 1.29 is 0 Å². The molecule has 3 rings (SSSR count). The third-order valence-corrected chi connectivity index (χ3v) is 4.04. The third-order valence-electron chi connectivity index (χ3n) is 4.04. The van der Waals surface area contributed by atoms with Crippen LogP contribution in [-0.2, 0) is 13.1 Å². The number of benzene rings is 1. The second-order valence-corrected chi connectivity index (χ2v) is 5.83. The van der Waals surface area contributed by atoms with Crippen LogP contribution in [0.2, 0.25) is 0 Å². The molecule has 22 heavy (non-hydrogen) atoms. The molecule has 1 aromatic carbocycles. The van der Waals surface area contributed by atoms with Gasteiger partial charge in [-0.1, -0.05) is 30.7 Å². The van der Waals surface area contributed by atoms with E-state index in [-0.39, 0.29) is 0 Å². The van der Waals surface area contributed by atoms with Gasteiger partial charge in [-0.25, -0.2) is 9.97 Å². The van der Waals surface area contributed by atoms with E-state index in [9.17, 15) is 0 Å². The van der Waals surface area contributed by atoms with Gasteiger partial charge in [-0.05, 0) is 37.1 Å². The molecule has 5 heteroatoms. The van der Waals surface area contributed by atoms with Crippen molar-refractivity contribution in [1.82, 2.24) is 14.9 Å². The third kappa shape index (κ3) is 4.18. The summed E-state index contributed by atoms with van der Waals surface area (Å²) >= 11 is 0. The molecule has 116 valence electrons. The number of likely N-dealkylation sites (tertiary alicyclic amines) is 1. The van der Waals surface area contributed by atoms with E-state index in [4.69, 9.17) is 5.73 Å². The zero-order valence-electron chi connectivity index (χ0n) is 12.8. The molecule has 1 aliphatic heterocycles. The van der Waals surface area contributed by atoms with Crippen molar-refractivity contribution in [3.05, 3.63) is 47.8 Å². The Morgan fingerprint density at radius 3 is 2.45 bits per heavy atom. The van der Waals surface area contributed by atoms with Gasteiger partial charge in [0.1, 0.15) is 18.0 Å².